The van der Waals surface area contributed by atoms with Crippen molar-refractivity contribution in [1.82, 2.24) is 4.98 Å². The van der Waals surface area contributed by atoms with Crippen LogP contribution in [-0.2, 0) is 4.74 Å². The Morgan fingerprint density at radius 1 is 1.26 bits per heavy atom. The number of pyridine rings is 1. The Balaban J connectivity index is 2.91. The molecular formula is C26H42FNO3. The molecule has 4 nitrogen and oxygen atoms in total. The number of rotatable bonds is 11. The number of allylic oxidation sites excluding steroid dienone is 1. The molecule has 1 heterocycles. The number of halogens is 1. The SMILES string of the molecule is C/C(=C\c1cc(F)c(C(=O)CCCC(OC(C)C)C(CO)C(C)C)nc1C)C(C)(C)C. The van der Waals surface area contributed by atoms with E-state index in [2.05, 4.69) is 39.6 Å². The summed E-state index contributed by atoms with van der Waals surface area (Å²) in [7, 11) is 0. The Morgan fingerprint density at radius 3 is 2.35 bits per heavy atom. The predicted octanol–water partition coefficient (Wildman–Crippen LogP) is 6.39. The lowest BCUT2D eigenvalue weighted by Crippen LogP contribution is -2.33. The third-order valence-corrected chi connectivity index (χ3v) is 5.91. The van der Waals surface area contributed by atoms with Crippen molar-refractivity contribution in [2.24, 2.45) is 17.3 Å². The van der Waals surface area contributed by atoms with Gasteiger partial charge in [0.1, 0.15) is 5.69 Å². The molecule has 0 saturated heterocycles. The molecule has 2 atom stereocenters. The van der Waals surface area contributed by atoms with Gasteiger partial charge in [0.2, 0.25) is 0 Å². The quantitative estimate of drug-likeness (QED) is 0.409. The highest BCUT2D eigenvalue weighted by Gasteiger charge is 2.26. The molecule has 0 saturated carbocycles. The van der Waals surface area contributed by atoms with E-state index in [9.17, 15) is 14.3 Å². The smallest absolute Gasteiger partial charge is 0.184 e. The zero-order valence-electron chi connectivity index (χ0n) is 20.9. The molecule has 0 fully saturated rings. The largest absolute Gasteiger partial charge is 0.396 e. The lowest BCUT2D eigenvalue weighted by atomic mass is 9.86. The molecule has 1 N–H and O–H groups in total. The van der Waals surface area contributed by atoms with Crippen molar-refractivity contribution in [2.45, 2.75) is 93.8 Å². The second-order valence-corrected chi connectivity index (χ2v) is 10.2. The van der Waals surface area contributed by atoms with Crippen LogP contribution in [0.25, 0.3) is 6.08 Å². The summed E-state index contributed by atoms with van der Waals surface area (Å²) in [5.74, 6) is -0.596. The number of aryl methyl sites for hydroxylation is 1. The summed E-state index contributed by atoms with van der Waals surface area (Å²) >= 11 is 0. The van der Waals surface area contributed by atoms with Crippen LogP contribution in [0.3, 0.4) is 0 Å². The first-order valence-corrected chi connectivity index (χ1v) is 11.4. The molecule has 0 amide bonds. The van der Waals surface area contributed by atoms with E-state index in [1.165, 1.54) is 6.07 Å². The number of nitrogens with zero attached hydrogens (tertiary/aromatic N) is 1. The highest BCUT2D eigenvalue weighted by Crippen LogP contribution is 2.28. The number of ether oxygens (including phenoxy) is 1. The molecule has 0 aliphatic heterocycles. The van der Waals surface area contributed by atoms with Gasteiger partial charge in [-0.25, -0.2) is 9.37 Å². The molecule has 1 rings (SSSR count). The second-order valence-electron chi connectivity index (χ2n) is 10.2. The van der Waals surface area contributed by atoms with Crippen LogP contribution in [0.4, 0.5) is 4.39 Å². The second kappa shape index (κ2) is 11.9. The van der Waals surface area contributed by atoms with E-state index in [1.54, 1.807) is 6.92 Å². The lowest BCUT2D eigenvalue weighted by Gasteiger charge is -2.30. The maximum absolute atomic E-state index is 14.7. The van der Waals surface area contributed by atoms with E-state index in [-0.39, 0.29) is 54.0 Å². The number of carbonyl (C=O) groups is 1. The van der Waals surface area contributed by atoms with Crippen LogP contribution in [0.5, 0.6) is 0 Å². The summed E-state index contributed by atoms with van der Waals surface area (Å²) in [4.78, 5) is 17.0. The van der Waals surface area contributed by atoms with Crippen LogP contribution in [0.2, 0.25) is 0 Å². The highest BCUT2D eigenvalue weighted by molar-refractivity contribution is 5.94. The Kier molecular flexibility index (Phi) is 10.5. The van der Waals surface area contributed by atoms with Crippen molar-refractivity contribution in [3.8, 4) is 0 Å². The fraction of sp³-hybridized carbons (Fsp3) is 0.692. The highest BCUT2D eigenvalue weighted by atomic mass is 19.1. The third kappa shape index (κ3) is 8.46. The number of aromatic nitrogens is 1. The molecular weight excluding hydrogens is 393 g/mol. The fourth-order valence-electron chi connectivity index (χ4n) is 3.46. The van der Waals surface area contributed by atoms with Crippen LogP contribution in [0, 0.1) is 30.0 Å². The van der Waals surface area contributed by atoms with E-state index in [4.69, 9.17) is 4.74 Å². The van der Waals surface area contributed by atoms with E-state index in [1.807, 2.05) is 26.8 Å². The average molecular weight is 436 g/mol. The Bertz CT molecular complexity index is 763. The minimum Gasteiger partial charge on any atom is -0.396 e. The first-order valence-electron chi connectivity index (χ1n) is 11.4. The van der Waals surface area contributed by atoms with Crippen molar-refractivity contribution < 1.29 is 19.0 Å². The van der Waals surface area contributed by atoms with E-state index < -0.39 is 5.82 Å². The molecule has 1 aromatic rings. The average Bonchev–Trinajstić information content (AvgIpc) is 2.63. The number of aliphatic hydroxyl groups is 1. The molecule has 5 heteroatoms. The van der Waals surface area contributed by atoms with Gasteiger partial charge >= 0.3 is 0 Å². The van der Waals surface area contributed by atoms with E-state index in [0.717, 1.165) is 5.57 Å². The molecule has 0 bridgehead atoms. The van der Waals surface area contributed by atoms with Gasteiger partial charge in [-0.1, -0.05) is 46.3 Å². The normalized spacial score (nSPS) is 14.9. The topological polar surface area (TPSA) is 59.4 Å². The summed E-state index contributed by atoms with van der Waals surface area (Å²) in [6.45, 7) is 18.2. The van der Waals surface area contributed by atoms with E-state index in [0.29, 0.717) is 24.1 Å². The molecule has 0 spiro atoms. The summed E-state index contributed by atoms with van der Waals surface area (Å²) in [6.07, 6.45) is 3.24. The van der Waals surface area contributed by atoms with Crippen molar-refractivity contribution in [1.29, 1.82) is 0 Å². The minimum absolute atomic E-state index is 0.00624. The lowest BCUT2D eigenvalue weighted by molar-refractivity contribution is -0.0573. The van der Waals surface area contributed by atoms with Crippen LogP contribution in [0.15, 0.2) is 11.6 Å². The Labute approximate surface area is 188 Å². The molecule has 176 valence electrons. The van der Waals surface area contributed by atoms with Gasteiger partial charge in [0.25, 0.3) is 0 Å². The first kappa shape index (κ1) is 27.4. The van der Waals surface area contributed by atoms with Gasteiger partial charge in [0.15, 0.2) is 11.6 Å². The molecule has 0 aliphatic carbocycles. The molecule has 0 radical (unpaired) electrons. The number of hydrogen-bond donors (Lipinski definition) is 1. The molecule has 1 aromatic heterocycles. The third-order valence-electron chi connectivity index (χ3n) is 5.91. The monoisotopic (exact) mass is 435 g/mol. The maximum Gasteiger partial charge on any atom is 0.184 e. The van der Waals surface area contributed by atoms with Gasteiger partial charge in [-0.3, -0.25) is 4.79 Å². The number of carbonyl (C=O) groups excluding carboxylic acids is 1. The summed E-state index contributed by atoms with van der Waals surface area (Å²) in [5.41, 5.74) is 2.36. The molecule has 0 aliphatic rings. The number of Topliss-reactive ketones (excluding diaryl/α,β-unsaturated/α-hetero) is 1. The van der Waals surface area contributed by atoms with Crippen LogP contribution in [0.1, 0.15) is 96.4 Å². The summed E-state index contributed by atoms with van der Waals surface area (Å²) in [5, 5.41) is 9.76. The summed E-state index contributed by atoms with van der Waals surface area (Å²) < 4.78 is 20.7. The van der Waals surface area contributed by atoms with Crippen molar-refractivity contribution >= 4 is 11.9 Å². The zero-order chi connectivity index (χ0) is 23.9. The molecule has 2 unspecified atom stereocenters. The predicted molar refractivity (Wildman–Crippen MR) is 126 cm³/mol. The van der Waals surface area contributed by atoms with Gasteiger partial charge in [-0.2, -0.15) is 0 Å². The maximum atomic E-state index is 14.7. The van der Waals surface area contributed by atoms with Gasteiger partial charge in [-0.15, -0.1) is 0 Å². The zero-order valence-corrected chi connectivity index (χ0v) is 20.9. The standard InChI is InChI=1S/C26H42FNO3/c1-16(2)21(15-29)24(31-17(3)4)12-10-11-23(30)25-22(27)14-20(19(6)28-25)13-18(5)26(7,8)9/h13-14,16-17,21,24,29H,10-12,15H2,1-9H3/b18-13+. The first-order chi connectivity index (χ1) is 14.3. The number of ketones is 1. The number of aliphatic hydroxyl groups excluding tert-OH is 1. The fourth-order valence-corrected chi connectivity index (χ4v) is 3.46. The van der Waals surface area contributed by atoms with Gasteiger partial charge in [-0.05, 0) is 63.5 Å². The van der Waals surface area contributed by atoms with Crippen molar-refractivity contribution in [3.05, 3.63) is 34.4 Å². The van der Waals surface area contributed by atoms with Crippen LogP contribution in [-0.4, -0.2) is 34.7 Å². The number of hydrogen-bond acceptors (Lipinski definition) is 4. The van der Waals surface area contributed by atoms with Crippen molar-refractivity contribution in [3.63, 3.8) is 0 Å². The van der Waals surface area contributed by atoms with Gasteiger partial charge < -0.3 is 9.84 Å². The van der Waals surface area contributed by atoms with Gasteiger partial charge in [0.05, 0.1) is 12.2 Å². The van der Waals surface area contributed by atoms with Crippen LogP contribution < -0.4 is 0 Å². The Morgan fingerprint density at radius 2 is 1.87 bits per heavy atom. The van der Waals surface area contributed by atoms with Gasteiger partial charge in [0, 0.05) is 24.6 Å². The molecule has 0 aromatic carbocycles. The molecule has 31 heavy (non-hydrogen) atoms. The van der Waals surface area contributed by atoms with E-state index >= 15 is 0 Å². The minimum atomic E-state index is -0.575. The van der Waals surface area contributed by atoms with Crippen LogP contribution >= 0.6 is 0 Å². The Hall–Kier alpha value is -1.59. The summed E-state index contributed by atoms with van der Waals surface area (Å²) in [6, 6.07) is 1.41. The van der Waals surface area contributed by atoms with Crippen molar-refractivity contribution in [2.75, 3.05) is 6.61 Å².